The van der Waals surface area contributed by atoms with Crippen LogP contribution in [-0.2, 0) is 11.3 Å². The first kappa shape index (κ1) is 19.8. The Balaban J connectivity index is 1.56. The molecule has 1 aromatic heterocycles. The molecule has 0 bridgehead atoms. The number of carbonyl (C=O) groups excluding carboxylic acids is 2. The molecule has 152 valence electrons. The van der Waals surface area contributed by atoms with Crippen LogP contribution in [0.3, 0.4) is 0 Å². The molecule has 0 spiro atoms. The van der Waals surface area contributed by atoms with Gasteiger partial charge in [-0.15, -0.1) is 6.58 Å². The van der Waals surface area contributed by atoms with Crippen LogP contribution >= 0.6 is 12.2 Å². The third-order valence-electron chi connectivity index (χ3n) is 5.07. The minimum Gasteiger partial charge on any atom is -0.332 e. The van der Waals surface area contributed by atoms with E-state index in [1.807, 2.05) is 12.1 Å². The van der Waals surface area contributed by atoms with Crippen molar-refractivity contribution in [1.82, 2.24) is 9.55 Å². The number of hydrogen-bond acceptors (Lipinski definition) is 4. The topological polar surface area (TPSA) is 87.2 Å². The highest BCUT2D eigenvalue weighted by Gasteiger charge is 2.21. The van der Waals surface area contributed by atoms with Gasteiger partial charge in [-0.3, -0.25) is 19.0 Å². The summed E-state index contributed by atoms with van der Waals surface area (Å²) in [6, 6.07) is 12.0. The number of amides is 2. The second-order valence-electron chi connectivity index (χ2n) is 7.04. The first-order valence-electron chi connectivity index (χ1n) is 9.57. The van der Waals surface area contributed by atoms with Crippen molar-refractivity contribution in [2.75, 3.05) is 16.8 Å². The molecule has 30 heavy (non-hydrogen) atoms. The van der Waals surface area contributed by atoms with E-state index in [9.17, 15) is 14.4 Å². The number of hydrogen-bond donors (Lipinski definition) is 2. The molecule has 1 fully saturated rings. The molecule has 0 atom stereocenters. The molecule has 0 saturated carbocycles. The molecular weight excluding hydrogens is 400 g/mol. The summed E-state index contributed by atoms with van der Waals surface area (Å²) in [6.07, 6.45) is 3.03. The van der Waals surface area contributed by atoms with Crippen LogP contribution in [-0.4, -0.2) is 27.9 Å². The van der Waals surface area contributed by atoms with Crippen molar-refractivity contribution in [3.8, 4) is 0 Å². The van der Waals surface area contributed by atoms with Crippen molar-refractivity contribution in [2.45, 2.75) is 19.4 Å². The third-order valence-corrected chi connectivity index (χ3v) is 5.39. The molecule has 1 aliphatic heterocycles. The van der Waals surface area contributed by atoms with Gasteiger partial charge >= 0.3 is 0 Å². The summed E-state index contributed by atoms with van der Waals surface area (Å²) in [5, 5.41) is 3.28. The zero-order valence-corrected chi connectivity index (χ0v) is 17.0. The number of nitrogens with zero attached hydrogens (tertiary/aromatic N) is 2. The maximum atomic E-state index is 12.7. The van der Waals surface area contributed by atoms with Crippen molar-refractivity contribution in [3.05, 3.63) is 75.8 Å². The third kappa shape index (κ3) is 3.69. The highest BCUT2D eigenvalue weighted by atomic mass is 32.1. The molecule has 2 heterocycles. The van der Waals surface area contributed by atoms with E-state index in [4.69, 9.17) is 12.2 Å². The minimum absolute atomic E-state index is 0.118. The monoisotopic (exact) mass is 420 g/mol. The van der Waals surface area contributed by atoms with E-state index in [0.717, 1.165) is 18.7 Å². The van der Waals surface area contributed by atoms with Crippen LogP contribution in [0.2, 0.25) is 0 Å². The van der Waals surface area contributed by atoms with Gasteiger partial charge in [0.25, 0.3) is 11.5 Å². The number of carbonyl (C=O) groups is 2. The summed E-state index contributed by atoms with van der Waals surface area (Å²) < 4.78 is 1.69. The summed E-state index contributed by atoms with van der Waals surface area (Å²) in [5.41, 5.74) is 2.11. The molecule has 2 N–H and O–H groups in total. The van der Waals surface area contributed by atoms with E-state index in [-0.39, 0.29) is 22.1 Å². The van der Waals surface area contributed by atoms with E-state index < -0.39 is 0 Å². The minimum atomic E-state index is -0.309. The van der Waals surface area contributed by atoms with Gasteiger partial charge < -0.3 is 15.2 Å². The van der Waals surface area contributed by atoms with Crippen LogP contribution in [0, 0.1) is 4.77 Å². The molecule has 0 aliphatic carbocycles. The van der Waals surface area contributed by atoms with Crippen LogP contribution in [0.15, 0.2) is 59.9 Å². The van der Waals surface area contributed by atoms with E-state index in [0.29, 0.717) is 35.1 Å². The number of H-pyrrole nitrogens is 1. The standard InChI is InChI=1S/C22H20N4O3S/c1-2-11-26-21(29)17-10-5-14(13-18(17)24-22(26)30)20(28)23-15-6-8-16(9-7-15)25-12-3-4-19(25)27/h2,5-10,13H,1,3-4,11-12H2,(H,23,28)(H,24,30). The van der Waals surface area contributed by atoms with E-state index in [2.05, 4.69) is 16.9 Å². The van der Waals surface area contributed by atoms with Gasteiger partial charge in [-0.05, 0) is 61.1 Å². The van der Waals surface area contributed by atoms with Crippen LogP contribution in [0.25, 0.3) is 10.9 Å². The van der Waals surface area contributed by atoms with E-state index in [1.165, 1.54) is 4.57 Å². The van der Waals surface area contributed by atoms with Crippen LogP contribution in [0.5, 0.6) is 0 Å². The van der Waals surface area contributed by atoms with Crippen LogP contribution in [0.1, 0.15) is 23.2 Å². The molecule has 1 saturated heterocycles. The first-order valence-corrected chi connectivity index (χ1v) is 9.98. The van der Waals surface area contributed by atoms with Gasteiger partial charge in [0.1, 0.15) is 0 Å². The lowest BCUT2D eigenvalue weighted by Gasteiger charge is -2.16. The van der Waals surface area contributed by atoms with Crippen molar-refractivity contribution in [2.24, 2.45) is 0 Å². The fourth-order valence-electron chi connectivity index (χ4n) is 3.54. The Morgan fingerprint density at radius 1 is 1.20 bits per heavy atom. The van der Waals surface area contributed by atoms with Gasteiger partial charge in [0, 0.05) is 36.4 Å². The number of aromatic nitrogens is 2. The SMILES string of the molecule is C=CCn1c(=S)[nH]c2cc(C(=O)Nc3ccc(N4CCCC4=O)cc3)ccc2c1=O. The summed E-state index contributed by atoms with van der Waals surface area (Å²) in [5.74, 6) is -0.191. The summed E-state index contributed by atoms with van der Waals surface area (Å²) in [4.78, 5) is 41.9. The molecule has 3 aromatic rings. The Labute approximate surface area is 177 Å². The molecule has 0 radical (unpaired) electrons. The lowest BCUT2D eigenvalue weighted by Crippen LogP contribution is -2.23. The van der Waals surface area contributed by atoms with Crippen molar-refractivity contribution in [1.29, 1.82) is 0 Å². The summed E-state index contributed by atoms with van der Waals surface area (Å²) >= 11 is 5.24. The first-order chi connectivity index (χ1) is 14.5. The zero-order valence-electron chi connectivity index (χ0n) is 16.2. The number of nitrogens with one attached hydrogen (secondary N) is 2. The maximum absolute atomic E-state index is 12.7. The average Bonchev–Trinajstić information content (AvgIpc) is 3.17. The largest absolute Gasteiger partial charge is 0.332 e. The lowest BCUT2D eigenvalue weighted by molar-refractivity contribution is -0.117. The van der Waals surface area contributed by atoms with Gasteiger partial charge in [0.15, 0.2) is 4.77 Å². The fourth-order valence-corrected chi connectivity index (χ4v) is 3.81. The molecule has 4 rings (SSSR count). The van der Waals surface area contributed by atoms with Crippen molar-refractivity contribution >= 4 is 46.3 Å². The second-order valence-corrected chi connectivity index (χ2v) is 7.43. The van der Waals surface area contributed by atoms with Crippen molar-refractivity contribution < 1.29 is 9.59 Å². The predicted octanol–water partition coefficient (Wildman–Crippen LogP) is 3.62. The highest BCUT2D eigenvalue weighted by Crippen LogP contribution is 2.23. The van der Waals surface area contributed by atoms with E-state index in [1.54, 1.807) is 41.3 Å². The smallest absolute Gasteiger partial charge is 0.262 e. The Morgan fingerprint density at radius 3 is 2.63 bits per heavy atom. The number of allylic oxidation sites excluding steroid dienone is 1. The zero-order chi connectivity index (χ0) is 21.3. The number of anilines is 2. The highest BCUT2D eigenvalue weighted by molar-refractivity contribution is 7.71. The molecule has 1 aliphatic rings. The second kappa shape index (κ2) is 8.08. The summed E-state index contributed by atoms with van der Waals surface area (Å²) in [6.45, 7) is 4.67. The Kier molecular flexibility index (Phi) is 5.33. The van der Waals surface area contributed by atoms with Gasteiger partial charge in [-0.1, -0.05) is 6.08 Å². The fraction of sp³-hybridized carbons (Fsp3) is 0.182. The van der Waals surface area contributed by atoms with Gasteiger partial charge in [0.2, 0.25) is 5.91 Å². The number of aromatic amines is 1. The lowest BCUT2D eigenvalue weighted by atomic mass is 10.1. The van der Waals surface area contributed by atoms with Crippen LogP contribution < -0.4 is 15.8 Å². The summed E-state index contributed by atoms with van der Waals surface area (Å²) in [7, 11) is 0. The van der Waals surface area contributed by atoms with Gasteiger partial charge in [0.05, 0.1) is 10.9 Å². The van der Waals surface area contributed by atoms with E-state index >= 15 is 0 Å². The number of benzene rings is 2. The molecule has 8 heteroatoms. The Bertz CT molecular complexity index is 1270. The molecular formula is C22H20N4O3S. The number of fused-ring (bicyclic) bond motifs is 1. The number of rotatable bonds is 5. The quantitative estimate of drug-likeness (QED) is 0.488. The molecule has 2 amide bonds. The van der Waals surface area contributed by atoms with Gasteiger partial charge in [-0.2, -0.15) is 0 Å². The Morgan fingerprint density at radius 2 is 1.97 bits per heavy atom. The predicted molar refractivity (Wildman–Crippen MR) is 120 cm³/mol. The average molecular weight is 420 g/mol. The van der Waals surface area contributed by atoms with Crippen LogP contribution in [0.4, 0.5) is 11.4 Å². The molecule has 7 nitrogen and oxygen atoms in total. The molecule has 0 unspecified atom stereocenters. The maximum Gasteiger partial charge on any atom is 0.262 e. The normalized spacial score (nSPS) is 13.6. The molecule has 2 aromatic carbocycles. The Hall–Kier alpha value is -3.52. The van der Waals surface area contributed by atoms with Crippen molar-refractivity contribution in [3.63, 3.8) is 0 Å². The van der Waals surface area contributed by atoms with Gasteiger partial charge in [-0.25, -0.2) is 0 Å².